The van der Waals surface area contributed by atoms with Crippen molar-refractivity contribution in [3.05, 3.63) is 14.3 Å². The summed E-state index contributed by atoms with van der Waals surface area (Å²) in [6, 6.07) is -0.976. The molecule has 2 atom stereocenters. The molecule has 3 N–H and O–H groups in total. The van der Waals surface area contributed by atoms with Crippen LogP contribution in [0.3, 0.4) is 0 Å². The van der Waals surface area contributed by atoms with Crippen LogP contribution in [0.15, 0.2) is 22.9 Å². The van der Waals surface area contributed by atoms with E-state index < -0.39 is 33.6 Å². The second-order valence-corrected chi connectivity index (χ2v) is 11.5. The summed E-state index contributed by atoms with van der Waals surface area (Å²) in [5.41, 5.74) is -0.706. The zero-order valence-electron chi connectivity index (χ0n) is 15.2. The van der Waals surface area contributed by atoms with E-state index in [1.54, 1.807) is 26.2 Å². The van der Waals surface area contributed by atoms with Gasteiger partial charge in [0.15, 0.2) is 9.92 Å². The molecule has 0 radical (unpaired) electrons. The maximum atomic E-state index is 12.7. The van der Waals surface area contributed by atoms with Gasteiger partial charge in [0.05, 0.1) is 4.47 Å². The molecule has 0 fully saturated rings. The van der Waals surface area contributed by atoms with E-state index >= 15 is 0 Å². The summed E-state index contributed by atoms with van der Waals surface area (Å²) in [5.74, 6) is -0.668. The van der Waals surface area contributed by atoms with Gasteiger partial charge in [-0.3, -0.25) is 4.79 Å². The summed E-state index contributed by atoms with van der Waals surface area (Å²) in [4.78, 5) is 24.6. The molecule has 1 heterocycles. The first-order chi connectivity index (χ1) is 11.7. The van der Waals surface area contributed by atoms with Gasteiger partial charge in [0.2, 0.25) is 0 Å². The minimum Gasteiger partial charge on any atom is -0.444 e. The summed E-state index contributed by atoms with van der Waals surface area (Å²) < 4.78 is 23.0. The van der Waals surface area contributed by atoms with Crippen molar-refractivity contribution in [2.45, 2.75) is 56.9 Å². The first kappa shape index (κ1) is 23.5. The normalized spacial score (nSPS) is 15.3. The zero-order chi connectivity index (χ0) is 20.3. The number of nitrogens with zero attached hydrogens (tertiary/aromatic N) is 1. The fourth-order valence-corrected chi connectivity index (χ4v) is 6.06. The lowest BCUT2D eigenvalue weighted by Crippen LogP contribution is -2.44. The predicted octanol–water partition coefficient (Wildman–Crippen LogP) is 4.44. The van der Waals surface area contributed by atoms with E-state index in [0.29, 0.717) is 15.4 Å². The highest BCUT2D eigenvalue weighted by molar-refractivity contribution is 9.13. The number of carbonyl (C=O) groups excluding carboxylic acids is 2. The molecule has 11 heteroatoms. The van der Waals surface area contributed by atoms with Crippen molar-refractivity contribution in [2.75, 3.05) is 0 Å². The lowest BCUT2D eigenvalue weighted by Gasteiger charge is -2.23. The third kappa shape index (κ3) is 7.26. The Morgan fingerprint density at radius 3 is 2.38 bits per heavy atom. The van der Waals surface area contributed by atoms with Gasteiger partial charge in [0.25, 0.3) is 5.91 Å². The van der Waals surface area contributed by atoms with Crippen molar-refractivity contribution in [3.63, 3.8) is 0 Å². The molecule has 1 rings (SSSR count). The van der Waals surface area contributed by atoms with Gasteiger partial charge in [-0.15, -0.1) is 15.7 Å². The molecule has 0 saturated heterocycles. The van der Waals surface area contributed by atoms with Gasteiger partial charge in [-0.1, -0.05) is 13.8 Å². The number of ether oxygens (including phenoxy) is 1. The molecule has 1 unspecified atom stereocenters. The van der Waals surface area contributed by atoms with Gasteiger partial charge in [0, 0.05) is 9.85 Å². The van der Waals surface area contributed by atoms with Crippen LogP contribution < -0.4 is 10.5 Å². The molecule has 7 nitrogen and oxygen atoms in total. The van der Waals surface area contributed by atoms with Crippen molar-refractivity contribution in [3.8, 4) is 0 Å². The van der Waals surface area contributed by atoms with Crippen molar-refractivity contribution >= 4 is 65.1 Å². The first-order valence-electron chi connectivity index (χ1n) is 7.73. The number of rotatable bonds is 5. The van der Waals surface area contributed by atoms with Crippen molar-refractivity contribution in [1.82, 2.24) is 5.32 Å². The lowest BCUT2D eigenvalue weighted by molar-refractivity contribution is -0.120. The highest BCUT2D eigenvalue weighted by Crippen LogP contribution is 2.35. The maximum Gasteiger partial charge on any atom is 0.408 e. The van der Waals surface area contributed by atoms with E-state index in [0.717, 1.165) is 11.3 Å². The van der Waals surface area contributed by atoms with E-state index in [4.69, 9.17) is 9.88 Å². The van der Waals surface area contributed by atoms with Crippen LogP contribution >= 0.6 is 43.2 Å². The molecule has 0 saturated carbocycles. The Hall–Kier alpha value is -0.490. The quantitative estimate of drug-likeness (QED) is 0.583. The van der Waals surface area contributed by atoms with Crippen LogP contribution in [0.2, 0.25) is 0 Å². The molecule has 26 heavy (non-hydrogen) atoms. The molecule has 2 amide bonds. The lowest BCUT2D eigenvalue weighted by atomic mass is 10.0. The summed E-state index contributed by atoms with van der Waals surface area (Å²) in [6.07, 6.45) is -0.429. The zero-order valence-corrected chi connectivity index (χ0v) is 20.0. The van der Waals surface area contributed by atoms with Gasteiger partial charge in [-0.05, 0) is 65.0 Å². The van der Waals surface area contributed by atoms with E-state index in [1.807, 2.05) is 13.8 Å². The third-order valence-electron chi connectivity index (χ3n) is 2.85. The fourth-order valence-electron chi connectivity index (χ4n) is 1.88. The second-order valence-electron chi connectivity index (χ2n) is 7.01. The minimum atomic E-state index is -3.45. The summed E-state index contributed by atoms with van der Waals surface area (Å²) in [6.45, 7) is 8.94. The van der Waals surface area contributed by atoms with Crippen LogP contribution in [0, 0.1) is 5.92 Å². The molecule has 0 bridgehead atoms. The second kappa shape index (κ2) is 9.13. The Balaban J connectivity index is 3.10. The summed E-state index contributed by atoms with van der Waals surface area (Å²) >= 11 is 7.67. The van der Waals surface area contributed by atoms with Crippen molar-refractivity contribution < 1.29 is 18.5 Å². The van der Waals surface area contributed by atoms with Crippen LogP contribution in [0.4, 0.5) is 4.79 Å². The van der Waals surface area contributed by atoms with Gasteiger partial charge in [-0.2, -0.15) is 0 Å². The van der Waals surface area contributed by atoms with E-state index in [-0.39, 0.29) is 10.1 Å². The van der Waals surface area contributed by atoms with Crippen LogP contribution in [0.1, 0.15) is 41.0 Å². The topological polar surface area (TPSA) is 111 Å². The number of nitrogens with one attached hydrogen (secondary N) is 1. The highest BCUT2D eigenvalue weighted by atomic mass is 79.9. The van der Waals surface area contributed by atoms with Crippen LogP contribution in [0.5, 0.6) is 0 Å². The van der Waals surface area contributed by atoms with Crippen LogP contribution in [-0.4, -0.2) is 27.9 Å². The van der Waals surface area contributed by atoms with Crippen LogP contribution in [0.25, 0.3) is 0 Å². The van der Waals surface area contributed by atoms with Crippen LogP contribution in [-0.2, 0) is 19.4 Å². The molecular weight excluding hydrogens is 510 g/mol. The van der Waals surface area contributed by atoms with Gasteiger partial charge in [-0.25, -0.2) is 14.1 Å². The Kier molecular flexibility index (Phi) is 8.27. The Morgan fingerprint density at radius 2 is 1.96 bits per heavy atom. The molecule has 1 aromatic rings. The van der Waals surface area contributed by atoms with E-state index in [2.05, 4.69) is 41.5 Å². The van der Waals surface area contributed by atoms with Crippen molar-refractivity contribution in [2.24, 2.45) is 15.4 Å². The van der Waals surface area contributed by atoms with Crippen molar-refractivity contribution in [1.29, 1.82) is 0 Å². The van der Waals surface area contributed by atoms with Gasteiger partial charge < -0.3 is 10.1 Å². The van der Waals surface area contributed by atoms with E-state index in [1.165, 1.54) is 0 Å². The molecule has 148 valence electrons. The predicted molar refractivity (Wildman–Crippen MR) is 110 cm³/mol. The number of alkyl carbamates (subject to hydrolysis) is 1. The molecule has 0 aliphatic carbocycles. The Labute approximate surface area is 175 Å². The molecule has 0 aliphatic heterocycles. The number of thiophene rings is 1. The smallest absolute Gasteiger partial charge is 0.408 e. The summed E-state index contributed by atoms with van der Waals surface area (Å²) in [7, 11) is -3.45. The Bertz CT molecular complexity index is 793. The van der Waals surface area contributed by atoms with Gasteiger partial charge in [0.1, 0.15) is 15.9 Å². The SMILES string of the molecule is CC(C)C[C@H](NC(=O)OC(C)(C)C)C(=O)N=S(N)(=O)c1scc(Br)c1Br. The average Bonchev–Trinajstić information content (AvgIpc) is 2.75. The minimum absolute atomic E-state index is 0.0885. The number of nitrogens with two attached hydrogens (primary N) is 1. The molecule has 0 spiro atoms. The van der Waals surface area contributed by atoms with E-state index in [9.17, 15) is 13.8 Å². The number of amides is 2. The first-order valence-corrected chi connectivity index (χ1v) is 11.8. The highest BCUT2D eigenvalue weighted by Gasteiger charge is 2.27. The number of hydrogen-bond acceptors (Lipinski definition) is 5. The molecular formula is C15H23Br2N3O4S2. The standard InChI is InChI=1S/C15H23Br2N3O4S2/c1-8(2)6-10(19-14(22)24-15(3,4)5)12(21)20-26(18,23)13-11(17)9(16)7-25-13/h7-8,10H,6H2,1-5H3,(H,19,22)(H2,18,20,21,23)/t10-,26?/m0/s1. The largest absolute Gasteiger partial charge is 0.444 e. The fraction of sp³-hybridized carbons (Fsp3) is 0.600. The number of hydrogen-bond donors (Lipinski definition) is 2. The number of halogens is 2. The monoisotopic (exact) mass is 531 g/mol. The molecule has 0 aromatic carbocycles. The third-order valence-corrected chi connectivity index (χ3v) is 8.62. The molecule has 1 aromatic heterocycles. The summed E-state index contributed by atoms with van der Waals surface area (Å²) in [5, 5.41) is 10.00. The average molecular weight is 533 g/mol. The van der Waals surface area contributed by atoms with Gasteiger partial charge >= 0.3 is 6.09 Å². The maximum absolute atomic E-state index is 12.7. The number of carbonyl (C=O) groups is 2. The Morgan fingerprint density at radius 1 is 1.38 bits per heavy atom. The molecule has 0 aliphatic rings.